The van der Waals surface area contributed by atoms with Crippen molar-refractivity contribution in [2.24, 2.45) is 5.92 Å². The molecule has 3 aliphatic rings. The standard InChI is InChI=1S/C8H10/c1-2-4-8-5-7(3-1)6-8/h1,3,5,8H,2,4,6H2. The van der Waals surface area contributed by atoms with Gasteiger partial charge in [0, 0.05) is 0 Å². The van der Waals surface area contributed by atoms with Gasteiger partial charge in [0.05, 0.1) is 0 Å². The van der Waals surface area contributed by atoms with E-state index in [0.717, 1.165) is 5.92 Å². The molecule has 3 aliphatic carbocycles. The monoisotopic (exact) mass is 106 g/mol. The Morgan fingerprint density at radius 2 is 2.38 bits per heavy atom. The lowest BCUT2D eigenvalue weighted by atomic mass is 9.86. The molecule has 0 amide bonds. The molecule has 0 aromatic heterocycles. The van der Waals surface area contributed by atoms with Gasteiger partial charge in [-0.15, -0.1) is 0 Å². The molecule has 42 valence electrons. The molecule has 0 heterocycles. The molecule has 0 fully saturated rings. The summed E-state index contributed by atoms with van der Waals surface area (Å²) in [5, 5.41) is 0. The van der Waals surface area contributed by atoms with Crippen LogP contribution < -0.4 is 0 Å². The van der Waals surface area contributed by atoms with Crippen LogP contribution in [-0.2, 0) is 0 Å². The van der Waals surface area contributed by atoms with Gasteiger partial charge < -0.3 is 0 Å². The number of hydrogen-bond donors (Lipinski definition) is 0. The summed E-state index contributed by atoms with van der Waals surface area (Å²) in [4.78, 5) is 0. The Morgan fingerprint density at radius 3 is 3.25 bits per heavy atom. The molecule has 0 heteroatoms. The first-order chi connectivity index (χ1) is 3.95. The van der Waals surface area contributed by atoms with Crippen LogP contribution in [0.25, 0.3) is 0 Å². The van der Waals surface area contributed by atoms with Gasteiger partial charge in [0.2, 0.25) is 0 Å². The maximum atomic E-state index is 2.39. The number of fused-ring (bicyclic) bond motifs is 2. The van der Waals surface area contributed by atoms with Crippen molar-refractivity contribution in [3.05, 3.63) is 23.8 Å². The number of allylic oxidation sites excluding steroid dienone is 4. The van der Waals surface area contributed by atoms with Gasteiger partial charge in [0.1, 0.15) is 0 Å². The van der Waals surface area contributed by atoms with E-state index in [-0.39, 0.29) is 0 Å². The normalized spacial score (nSPS) is 33.0. The number of hydrogen-bond acceptors (Lipinski definition) is 0. The topological polar surface area (TPSA) is 0 Å². The lowest BCUT2D eigenvalue weighted by Gasteiger charge is -2.19. The van der Waals surface area contributed by atoms with E-state index in [4.69, 9.17) is 0 Å². The third-order valence-corrected chi connectivity index (χ3v) is 1.98. The zero-order valence-electron chi connectivity index (χ0n) is 4.93. The molecule has 0 radical (unpaired) electrons. The molecule has 2 bridgehead atoms. The predicted octanol–water partition coefficient (Wildman–Crippen LogP) is 2.28. The first-order valence-corrected chi connectivity index (χ1v) is 3.32. The largest absolute Gasteiger partial charge is 0.0843 e. The summed E-state index contributed by atoms with van der Waals surface area (Å²) in [6.07, 6.45) is 11.0. The summed E-state index contributed by atoms with van der Waals surface area (Å²) in [6, 6.07) is 0. The van der Waals surface area contributed by atoms with E-state index < -0.39 is 0 Å². The van der Waals surface area contributed by atoms with Crippen LogP contribution in [0.3, 0.4) is 0 Å². The van der Waals surface area contributed by atoms with E-state index in [9.17, 15) is 0 Å². The fourth-order valence-corrected chi connectivity index (χ4v) is 1.43. The Hall–Kier alpha value is -0.520. The van der Waals surface area contributed by atoms with E-state index >= 15 is 0 Å². The van der Waals surface area contributed by atoms with E-state index in [0.29, 0.717) is 0 Å². The predicted molar refractivity (Wildman–Crippen MR) is 34.6 cm³/mol. The van der Waals surface area contributed by atoms with Crippen molar-refractivity contribution in [1.82, 2.24) is 0 Å². The Labute approximate surface area is 49.9 Å². The van der Waals surface area contributed by atoms with Gasteiger partial charge in [-0.05, 0) is 25.2 Å². The molecule has 0 spiro atoms. The van der Waals surface area contributed by atoms with Crippen LogP contribution in [0.5, 0.6) is 0 Å². The van der Waals surface area contributed by atoms with Crippen LogP contribution in [0.2, 0.25) is 0 Å². The van der Waals surface area contributed by atoms with Gasteiger partial charge in [0.15, 0.2) is 0 Å². The van der Waals surface area contributed by atoms with Crippen molar-refractivity contribution in [2.45, 2.75) is 19.3 Å². The minimum atomic E-state index is 0.944. The number of rotatable bonds is 0. The van der Waals surface area contributed by atoms with E-state index in [1.807, 2.05) is 0 Å². The van der Waals surface area contributed by atoms with Crippen molar-refractivity contribution in [3.8, 4) is 0 Å². The Morgan fingerprint density at radius 1 is 1.50 bits per heavy atom. The van der Waals surface area contributed by atoms with Crippen LogP contribution in [-0.4, -0.2) is 0 Å². The molecule has 1 unspecified atom stereocenters. The highest BCUT2D eigenvalue weighted by Crippen LogP contribution is 2.33. The quantitative estimate of drug-likeness (QED) is 0.444. The summed E-state index contributed by atoms with van der Waals surface area (Å²) in [7, 11) is 0. The van der Waals surface area contributed by atoms with Crippen molar-refractivity contribution in [2.75, 3.05) is 0 Å². The van der Waals surface area contributed by atoms with Crippen LogP contribution in [0.1, 0.15) is 19.3 Å². The molecule has 0 nitrogen and oxygen atoms in total. The van der Waals surface area contributed by atoms with Gasteiger partial charge in [-0.2, -0.15) is 0 Å². The van der Waals surface area contributed by atoms with Gasteiger partial charge >= 0.3 is 0 Å². The lowest BCUT2D eigenvalue weighted by Crippen LogP contribution is -2.05. The third kappa shape index (κ3) is 0.525. The first-order valence-electron chi connectivity index (χ1n) is 3.32. The highest BCUT2D eigenvalue weighted by Gasteiger charge is 2.17. The van der Waals surface area contributed by atoms with Gasteiger partial charge in [-0.25, -0.2) is 0 Å². The summed E-state index contributed by atoms with van der Waals surface area (Å²) in [5.74, 6) is 0.944. The maximum Gasteiger partial charge on any atom is -0.0184 e. The fraction of sp³-hybridized carbons (Fsp3) is 0.500. The van der Waals surface area contributed by atoms with Crippen molar-refractivity contribution >= 4 is 0 Å². The van der Waals surface area contributed by atoms with E-state index in [1.54, 1.807) is 5.57 Å². The summed E-state index contributed by atoms with van der Waals surface area (Å²) in [6.45, 7) is 0. The second-order valence-corrected chi connectivity index (χ2v) is 2.69. The third-order valence-electron chi connectivity index (χ3n) is 1.98. The molecular formula is C8H10. The second-order valence-electron chi connectivity index (χ2n) is 2.69. The molecule has 0 aliphatic heterocycles. The molecule has 1 atom stereocenters. The zero-order chi connectivity index (χ0) is 5.40. The van der Waals surface area contributed by atoms with Gasteiger partial charge in [0.25, 0.3) is 0 Å². The van der Waals surface area contributed by atoms with Crippen LogP contribution in [0.15, 0.2) is 23.8 Å². The van der Waals surface area contributed by atoms with E-state index in [1.165, 1.54) is 19.3 Å². The minimum Gasteiger partial charge on any atom is -0.0843 e. The second kappa shape index (κ2) is 1.48. The summed E-state index contributed by atoms with van der Waals surface area (Å²) < 4.78 is 0. The van der Waals surface area contributed by atoms with Crippen molar-refractivity contribution < 1.29 is 0 Å². The van der Waals surface area contributed by atoms with Crippen LogP contribution in [0, 0.1) is 5.92 Å². The van der Waals surface area contributed by atoms with Crippen molar-refractivity contribution in [3.63, 3.8) is 0 Å². The molecule has 3 rings (SSSR count). The van der Waals surface area contributed by atoms with Gasteiger partial charge in [-0.3, -0.25) is 0 Å². The van der Waals surface area contributed by atoms with Crippen molar-refractivity contribution in [1.29, 1.82) is 0 Å². The highest BCUT2D eigenvalue weighted by molar-refractivity contribution is 5.30. The smallest absolute Gasteiger partial charge is 0.0184 e. The average molecular weight is 106 g/mol. The SMILES string of the molecule is C1=CC2=CC(CC1)C2. The van der Waals surface area contributed by atoms with Gasteiger partial charge in [-0.1, -0.05) is 23.8 Å². The molecule has 0 N–H and O–H groups in total. The Kier molecular flexibility index (Phi) is 0.806. The lowest BCUT2D eigenvalue weighted by molar-refractivity contribution is 0.557. The summed E-state index contributed by atoms with van der Waals surface area (Å²) in [5.41, 5.74) is 1.56. The first kappa shape index (κ1) is 4.37. The highest BCUT2D eigenvalue weighted by atomic mass is 14.2. The van der Waals surface area contributed by atoms with E-state index in [2.05, 4.69) is 18.2 Å². The molecule has 8 heavy (non-hydrogen) atoms. The maximum absolute atomic E-state index is 2.39. The average Bonchev–Trinajstić information content (AvgIpc) is 1.89. The summed E-state index contributed by atoms with van der Waals surface area (Å²) >= 11 is 0. The molecule has 0 saturated heterocycles. The molecule has 0 aromatic carbocycles. The Bertz CT molecular complexity index is 151. The van der Waals surface area contributed by atoms with Crippen LogP contribution >= 0.6 is 0 Å². The molecule has 0 saturated carbocycles. The molecule has 0 aromatic rings. The fourth-order valence-electron chi connectivity index (χ4n) is 1.43. The van der Waals surface area contributed by atoms with Crippen LogP contribution in [0.4, 0.5) is 0 Å². The molecular weight excluding hydrogens is 96.1 g/mol. The zero-order valence-corrected chi connectivity index (χ0v) is 4.93. The Balaban J connectivity index is 2.24. The minimum absolute atomic E-state index is 0.944.